The lowest BCUT2D eigenvalue weighted by atomic mass is 10.0. The maximum atomic E-state index is 6.38. The summed E-state index contributed by atoms with van der Waals surface area (Å²) in [7, 11) is -1.66. The maximum absolute atomic E-state index is 6.38. The monoisotopic (exact) mass is 286 g/mol. The van der Waals surface area contributed by atoms with E-state index in [0.717, 1.165) is 12.8 Å². The lowest BCUT2D eigenvalue weighted by Crippen LogP contribution is -2.49. The van der Waals surface area contributed by atoms with Crippen LogP contribution < -0.4 is 0 Å². The topological polar surface area (TPSA) is 27.7 Å². The van der Waals surface area contributed by atoms with Gasteiger partial charge in [-0.15, -0.1) is 13.2 Å². The van der Waals surface area contributed by atoms with Crippen molar-refractivity contribution >= 4 is 8.32 Å². The van der Waals surface area contributed by atoms with Crippen molar-refractivity contribution in [2.75, 3.05) is 26.4 Å². The molecule has 0 radical (unpaired) electrons. The highest BCUT2D eigenvalue weighted by Crippen LogP contribution is 2.25. The van der Waals surface area contributed by atoms with Gasteiger partial charge in [0, 0.05) is 0 Å². The van der Waals surface area contributed by atoms with Gasteiger partial charge in [0.25, 0.3) is 0 Å². The van der Waals surface area contributed by atoms with Crippen molar-refractivity contribution in [1.82, 2.24) is 0 Å². The molecule has 0 aliphatic rings. The normalized spacial score (nSPS) is 12.4. The minimum Gasteiger partial charge on any atom is -0.407 e. The largest absolute Gasteiger partial charge is 0.407 e. The third kappa shape index (κ3) is 9.16. The van der Waals surface area contributed by atoms with Crippen LogP contribution in [-0.4, -0.2) is 40.3 Å². The summed E-state index contributed by atoms with van der Waals surface area (Å²) in [5.41, 5.74) is -0.342. The minimum atomic E-state index is -1.66. The molecule has 3 nitrogen and oxygen atoms in total. The standard InChI is InChI=1S/C15H30O3Si/c1-7-10-15(13-16-11-8-2,14-17-12-9-3)18-19(4,5)6/h8-9H,2-3,7,10-14H2,1,4-6H3. The molecule has 19 heavy (non-hydrogen) atoms. The van der Waals surface area contributed by atoms with Crippen LogP contribution >= 0.6 is 0 Å². The van der Waals surface area contributed by atoms with E-state index in [4.69, 9.17) is 13.9 Å². The molecule has 0 atom stereocenters. The molecule has 0 aliphatic heterocycles. The fourth-order valence-electron chi connectivity index (χ4n) is 2.06. The van der Waals surface area contributed by atoms with Gasteiger partial charge in [0.15, 0.2) is 8.32 Å². The van der Waals surface area contributed by atoms with Crippen molar-refractivity contribution in [3.05, 3.63) is 25.3 Å². The van der Waals surface area contributed by atoms with Crippen LogP contribution in [0.4, 0.5) is 0 Å². The Labute approximate surface area is 119 Å². The molecular weight excluding hydrogens is 256 g/mol. The molecule has 0 fully saturated rings. The van der Waals surface area contributed by atoms with Crippen LogP contribution in [0.3, 0.4) is 0 Å². The SMILES string of the molecule is C=CCOCC(CCC)(COCC=C)O[Si](C)(C)C. The van der Waals surface area contributed by atoms with Crippen molar-refractivity contribution in [3.63, 3.8) is 0 Å². The molecular formula is C15H30O3Si. The van der Waals surface area contributed by atoms with Crippen LogP contribution in [0.1, 0.15) is 19.8 Å². The molecule has 0 aromatic heterocycles. The van der Waals surface area contributed by atoms with E-state index in [0.29, 0.717) is 26.4 Å². The summed E-state index contributed by atoms with van der Waals surface area (Å²) in [6, 6.07) is 0. The van der Waals surface area contributed by atoms with E-state index in [-0.39, 0.29) is 5.60 Å². The zero-order chi connectivity index (χ0) is 14.8. The number of hydrogen-bond acceptors (Lipinski definition) is 3. The van der Waals surface area contributed by atoms with Crippen LogP contribution in [0.25, 0.3) is 0 Å². The van der Waals surface area contributed by atoms with Gasteiger partial charge < -0.3 is 13.9 Å². The van der Waals surface area contributed by atoms with E-state index in [1.165, 1.54) is 0 Å². The minimum absolute atomic E-state index is 0.342. The second-order valence-electron chi connectivity index (χ2n) is 5.76. The summed E-state index contributed by atoms with van der Waals surface area (Å²) in [5, 5.41) is 0. The first-order valence-electron chi connectivity index (χ1n) is 6.96. The maximum Gasteiger partial charge on any atom is 0.184 e. The predicted octanol–water partition coefficient (Wildman–Crippen LogP) is 3.78. The summed E-state index contributed by atoms with van der Waals surface area (Å²) in [6.45, 7) is 18.3. The van der Waals surface area contributed by atoms with Crippen molar-refractivity contribution in [2.45, 2.75) is 45.0 Å². The molecule has 0 bridgehead atoms. The number of rotatable bonds is 12. The molecule has 0 N–H and O–H groups in total. The van der Waals surface area contributed by atoms with E-state index < -0.39 is 8.32 Å². The van der Waals surface area contributed by atoms with Gasteiger partial charge >= 0.3 is 0 Å². The highest BCUT2D eigenvalue weighted by Gasteiger charge is 2.36. The van der Waals surface area contributed by atoms with Crippen molar-refractivity contribution in [1.29, 1.82) is 0 Å². The highest BCUT2D eigenvalue weighted by molar-refractivity contribution is 6.69. The zero-order valence-electron chi connectivity index (χ0n) is 13.0. The Bertz CT molecular complexity index is 245. The highest BCUT2D eigenvalue weighted by atomic mass is 28.4. The second kappa shape index (κ2) is 9.48. The summed E-state index contributed by atoms with van der Waals surface area (Å²) in [5.74, 6) is 0. The van der Waals surface area contributed by atoms with Gasteiger partial charge in [-0.2, -0.15) is 0 Å². The third-order valence-corrected chi connectivity index (χ3v) is 3.48. The van der Waals surface area contributed by atoms with E-state index in [1.54, 1.807) is 12.2 Å². The van der Waals surface area contributed by atoms with E-state index in [9.17, 15) is 0 Å². The van der Waals surface area contributed by atoms with Gasteiger partial charge in [-0.3, -0.25) is 0 Å². The Balaban J connectivity index is 4.75. The van der Waals surface area contributed by atoms with Crippen LogP contribution in [0.2, 0.25) is 19.6 Å². The number of ether oxygens (including phenoxy) is 2. The molecule has 0 saturated carbocycles. The summed E-state index contributed by atoms with van der Waals surface area (Å²) >= 11 is 0. The first-order chi connectivity index (χ1) is 8.89. The third-order valence-electron chi connectivity index (χ3n) is 2.43. The Morgan fingerprint density at radius 2 is 1.47 bits per heavy atom. The Morgan fingerprint density at radius 3 is 1.79 bits per heavy atom. The number of hydrogen-bond donors (Lipinski definition) is 0. The molecule has 0 rings (SSSR count). The first-order valence-corrected chi connectivity index (χ1v) is 10.4. The van der Waals surface area contributed by atoms with Crippen molar-refractivity contribution in [3.8, 4) is 0 Å². The van der Waals surface area contributed by atoms with Gasteiger partial charge in [-0.25, -0.2) is 0 Å². The van der Waals surface area contributed by atoms with Crippen molar-refractivity contribution in [2.24, 2.45) is 0 Å². The quantitative estimate of drug-likeness (QED) is 0.310. The molecule has 0 heterocycles. The predicted molar refractivity (Wildman–Crippen MR) is 84.1 cm³/mol. The van der Waals surface area contributed by atoms with Crippen LogP contribution in [-0.2, 0) is 13.9 Å². The van der Waals surface area contributed by atoms with Gasteiger partial charge in [0.05, 0.1) is 26.4 Å². The van der Waals surface area contributed by atoms with Gasteiger partial charge in [-0.05, 0) is 26.1 Å². The molecule has 0 aromatic rings. The molecule has 0 unspecified atom stereocenters. The summed E-state index contributed by atoms with van der Waals surface area (Å²) < 4.78 is 17.7. The van der Waals surface area contributed by atoms with E-state index in [1.807, 2.05) is 0 Å². The van der Waals surface area contributed by atoms with E-state index >= 15 is 0 Å². The molecule has 0 spiro atoms. The smallest absolute Gasteiger partial charge is 0.184 e. The van der Waals surface area contributed by atoms with Gasteiger partial charge in [0.1, 0.15) is 5.60 Å². The summed E-state index contributed by atoms with van der Waals surface area (Å²) in [6.07, 6.45) is 5.50. The van der Waals surface area contributed by atoms with E-state index in [2.05, 4.69) is 39.7 Å². The first kappa shape index (κ1) is 18.6. The average molecular weight is 286 g/mol. The lowest BCUT2D eigenvalue weighted by molar-refractivity contribution is -0.0805. The Morgan fingerprint density at radius 1 is 1.00 bits per heavy atom. The lowest BCUT2D eigenvalue weighted by Gasteiger charge is -2.38. The van der Waals surface area contributed by atoms with Crippen molar-refractivity contribution < 1.29 is 13.9 Å². The van der Waals surface area contributed by atoms with Crippen LogP contribution in [0, 0.1) is 0 Å². The fourth-order valence-corrected chi connectivity index (χ4v) is 3.58. The molecule has 0 amide bonds. The van der Waals surface area contributed by atoms with Gasteiger partial charge in [-0.1, -0.05) is 25.5 Å². The molecule has 112 valence electrons. The fraction of sp³-hybridized carbons (Fsp3) is 0.733. The van der Waals surface area contributed by atoms with Crippen LogP contribution in [0.15, 0.2) is 25.3 Å². The molecule has 4 heteroatoms. The summed E-state index contributed by atoms with van der Waals surface area (Å²) in [4.78, 5) is 0. The Kier molecular flexibility index (Phi) is 9.26. The van der Waals surface area contributed by atoms with Crippen LogP contribution in [0.5, 0.6) is 0 Å². The Hall–Kier alpha value is -0.423. The average Bonchev–Trinajstić information content (AvgIpc) is 2.28. The molecule has 0 aromatic carbocycles. The second-order valence-corrected chi connectivity index (χ2v) is 10.2. The van der Waals surface area contributed by atoms with Gasteiger partial charge in [0.2, 0.25) is 0 Å². The zero-order valence-corrected chi connectivity index (χ0v) is 14.0. The molecule has 0 aliphatic carbocycles. The molecule has 0 saturated heterocycles.